The summed E-state index contributed by atoms with van der Waals surface area (Å²) in [7, 11) is 4.29. The number of hydrogen-bond donors (Lipinski definition) is 3. The van der Waals surface area contributed by atoms with Crippen LogP contribution in [0.4, 0.5) is 21.6 Å². The first kappa shape index (κ1) is 24.5. The van der Waals surface area contributed by atoms with Gasteiger partial charge in [0.2, 0.25) is 0 Å². The van der Waals surface area contributed by atoms with Crippen molar-refractivity contribution >= 4 is 22.8 Å². The first-order valence-electron chi connectivity index (χ1n) is 13.4. The Kier molecular flexibility index (Phi) is 5.82. The number of ether oxygens (including phenoxy) is 1. The second kappa shape index (κ2) is 9.27. The summed E-state index contributed by atoms with van der Waals surface area (Å²) in [6.07, 6.45) is 7.06. The van der Waals surface area contributed by atoms with Crippen molar-refractivity contribution in [1.29, 1.82) is 0 Å². The van der Waals surface area contributed by atoms with E-state index in [1.165, 1.54) is 25.0 Å². The van der Waals surface area contributed by atoms with Gasteiger partial charge in [0.15, 0.2) is 0 Å². The predicted molar refractivity (Wildman–Crippen MR) is 148 cm³/mol. The monoisotopic (exact) mass is 529 g/mol. The zero-order valence-electron chi connectivity index (χ0n) is 22.1. The summed E-state index contributed by atoms with van der Waals surface area (Å²) in [5.41, 5.74) is 6.11. The van der Waals surface area contributed by atoms with Gasteiger partial charge in [0.05, 0.1) is 36.5 Å². The van der Waals surface area contributed by atoms with Gasteiger partial charge in [0.1, 0.15) is 23.5 Å². The molecule has 0 spiro atoms. The molecule has 3 aromatic heterocycles. The quantitative estimate of drug-likeness (QED) is 0.349. The van der Waals surface area contributed by atoms with Crippen LogP contribution < -0.4 is 15.5 Å². The van der Waals surface area contributed by atoms with E-state index in [1.54, 1.807) is 12.4 Å². The fraction of sp³-hybridized carbons (Fsp3) is 0.379. The molecule has 202 valence electrons. The molecular weight excluding hydrogens is 497 g/mol. The number of aliphatic hydroxyl groups is 1. The van der Waals surface area contributed by atoms with Gasteiger partial charge in [0, 0.05) is 54.3 Å². The van der Waals surface area contributed by atoms with E-state index in [9.17, 15) is 9.50 Å². The van der Waals surface area contributed by atoms with Crippen molar-refractivity contribution in [3.05, 3.63) is 71.9 Å². The van der Waals surface area contributed by atoms with Gasteiger partial charge in [-0.15, -0.1) is 0 Å². The molecule has 2 fully saturated rings. The number of aliphatic hydroxyl groups excluding tert-OH is 1. The average Bonchev–Trinajstić information content (AvgIpc) is 3.54. The van der Waals surface area contributed by atoms with Gasteiger partial charge < -0.3 is 25.0 Å². The zero-order valence-corrected chi connectivity index (χ0v) is 22.1. The number of benzene rings is 1. The minimum Gasteiger partial charge on any atom is -0.374 e. The maximum Gasteiger partial charge on any atom is 0.140 e. The standard InChI is InChI=1S/C29H32FN7O2/c1-35(2)29(8-9-29)24-17-36(11-12-39-24)19-3-6-25(31-14-19)34-22-5-4-20(21-15-33-28(38)27(21)22)23-16-32-26-13-18(30)7-10-37(23)26/h3-7,10,13-14,16,24,28,33,38H,8-9,11-12,15,17H2,1-2H3,(H,31,34)/t24-,28?/m1/s1. The molecule has 2 atom stereocenters. The van der Waals surface area contributed by atoms with Crippen molar-refractivity contribution in [3.8, 4) is 11.3 Å². The minimum atomic E-state index is -0.810. The van der Waals surface area contributed by atoms with Crippen LogP contribution in [-0.2, 0) is 11.3 Å². The first-order valence-corrected chi connectivity index (χ1v) is 13.4. The van der Waals surface area contributed by atoms with Crippen LogP contribution in [0.3, 0.4) is 0 Å². The predicted octanol–water partition coefficient (Wildman–Crippen LogP) is 3.67. The third kappa shape index (κ3) is 4.15. The third-order valence-corrected chi connectivity index (χ3v) is 8.55. The van der Waals surface area contributed by atoms with Crippen LogP contribution >= 0.6 is 0 Å². The number of fused-ring (bicyclic) bond motifs is 2. The Bertz CT molecular complexity index is 1530. The lowest BCUT2D eigenvalue weighted by Crippen LogP contribution is -2.53. The number of aromatic nitrogens is 3. The largest absolute Gasteiger partial charge is 0.374 e. The maximum atomic E-state index is 13.7. The van der Waals surface area contributed by atoms with Crippen molar-refractivity contribution in [3.63, 3.8) is 0 Å². The molecule has 2 aliphatic heterocycles. The summed E-state index contributed by atoms with van der Waals surface area (Å²) in [5, 5.41) is 17.3. The van der Waals surface area contributed by atoms with E-state index in [1.807, 2.05) is 28.8 Å². The van der Waals surface area contributed by atoms with Gasteiger partial charge in [-0.1, -0.05) is 6.07 Å². The van der Waals surface area contributed by atoms with Gasteiger partial charge in [-0.25, -0.2) is 14.4 Å². The molecule has 1 unspecified atom stereocenters. The summed E-state index contributed by atoms with van der Waals surface area (Å²) in [4.78, 5) is 13.7. The summed E-state index contributed by atoms with van der Waals surface area (Å²) in [6, 6.07) is 10.9. The molecule has 5 heterocycles. The van der Waals surface area contributed by atoms with E-state index in [0.29, 0.717) is 24.6 Å². The molecule has 0 radical (unpaired) electrons. The van der Waals surface area contributed by atoms with Crippen LogP contribution in [0.2, 0.25) is 0 Å². The second-order valence-electron chi connectivity index (χ2n) is 10.9. The maximum absolute atomic E-state index is 13.7. The molecular formula is C29H32FN7O2. The molecule has 3 N–H and O–H groups in total. The number of anilines is 3. The molecule has 1 aromatic carbocycles. The van der Waals surface area contributed by atoms with Crippen LogP contribution in [0.5, 0.6) is 0 Å². The number of morpholine rings is 1. The average molecular weight is 530 g/mol. The van der Waals surface area contributed by atoms with E-state index in [-0.39, 0.29) is 17.5 Å². The highest BCUT2D eigenvalue weighted by Crippen LogP contribution is 2.46. The molecule has 1 saturated carbocycles. The van der Waals surface area contributed by atoms with Crippen molar-refractivity contribution in [2.75, 3.05) is 44.0 Å². The SMILES string of the molecule is CN(C)C1([C@H]2CN(c3ccc(Nc4ccc(-c5cnc6cc(F)ccn56)c5c4C(O)NC5)nc3)CCO2)CC1. The van der Waals surface area contributed by atoms with Crippen LogP contribution in [-0.4, -0.2) is 69.8 Å². The lowest BCUT2D eigenvalue weighted by atomic mass is 9.98. The Balaban J connectivity index is 1.13. The minimum absolute atomic E-state index is 0.161. The number of nitrogens with one attached hydrogen (secondary N) is 2. The number of pyridine rings is 2. The smallest absolute Gasteiger partial charge is 0.140 e. The summed E-state index contributed by atoms with van der Waals surface area (Å²) >= 11 is 0. The third-order valence-electron chi connectivity index (χ3n) is 8.55. The Labute approximate surface area is 226 Å². The lowest BCUT2D eigenvalue weighted by molar-refractivity contribution is -0.0215. The van der Waals surface area contributed by atoms with Crippen molar-refractivity contribution in [2.24, 2.45) is 0 Å². The molecule has 0 bridgehead atoms. The topological polar surface area (TPSA) is 90.2 Å². The van der Waals surface area contributed by atoms with Crippen molar-refractivity contribution < 1.29 is 14.2 Å². The normalized spacial score (nSPS) is 21.9. The van der Waals surface area contributed by atoms with Crippen LogP contribution in [0.25, 0.3) is 16.9 Å². The summed E-state index contributed by atoms with van der Waals surface area (Å²) < 4.78 is 21.7. The van der Waals surface area contributed by atoms with Gasteiger partial charge in [-0.2, -0.15) is 0 Å². The Morgan fingerprint density at radius 3 is 2.79 bits per heavy atom. The second-order valence-corrected chi connectivity index (χ2v) is 10.9. The molecule has 9 nitrogen and oxygen atoms in total. The van der Waals surface area contributed by atoms with E-state index in [2.05, 4.69) is 45.6 Å². The van der Waals surface area contributed by atoms with Gasteiger partial charge in [0.25, 0.3) is 0 Å². The highest BCUT2D eigenvalue weighted by Gasteiger charge is 2.53. The number of halogens is 1. The molecule has 3 aliphatic rings. The Morgan fingerprint density at radius 2 is 2.03 bits per heavy atom. The van der Waals surface area contributed by atoms with Crippen molar-refractivity contribution in [2.45, 2.75) is 37.3 Å². The van der Waals surface area contributed by atoms with Gasteiger partial charge >= 0.3 is 0 Å². The van der Waals surface area contributed by atoms with E-state index in [4.69, 9.17) is 9.72 Å². The van der Waals surface area contributed by atoms with Crippen LogP contribution in [0.1, 0.15) is 30.2 Å². The first-order chi connectivity index (χ1) is 18.9. The fourth-order valence-electron chi connectivity index (χ4n) is 6.15. The molecule has 1 aliphatic carbocycles. The highest BCUT2D eigenvalue weighted by atomic mass is 19.1. The number of likely N-dealkylation sites (N-methyl/N-ethyl adjacent to an activating group) is 1. The Morgan fingerprint density at radius 1 is 1.15 bits per heavy atom. The number of hydrogen-bond acceptors (Lipinski definition) is 8. The molecule has 10 heteroatoms. The van der Waals surface area contributed by atoms with Crippen LogP contribution in [0.15, 0.2) is 55.0 Å². The molecule has 4 aromatic rings. The number of rotatable bonds is 6. The Hall–Kier alpha value is -3.57. The van der Waals surface area contributed by atoms with Gasteiger partial charge in [-0.3, -0.25) is 9.72 Å². The zero-order chi connectivity index (χ0) is 26.7. The number of imidazole rings is 1. The lowest BCUT2D eigenvalue weighted by Gasteiger charge is -2.40. The number of nitrogens with zero attached hydrogens (tertiary/aromatic N) is 5. The van der Waals surface area contributed by atoms with E-state index in [0.717, 1.165) is 46.8 Å². The molecule has 1 saturated heterocycles. The van der Waals surface area contributed by atoms with Crippen LogP contribution in [0, 0.1) is 5.82 Å². The molecule has 39 heavy (non-hydrogen) atoms. The van der Waals surface area contributed by atoms with Gasteiger partial charge in [-0.05, 0) is 56.8 Å². The van der Waals surface area contributed by atoms with E-state index < -0.39 is 6.23 Å². The molecule has 0 amide bonds. The van der Waals surface area contributed by atoms with E-state index >= 15 is 0 Å². The summed E-state index contributed by atoms with van der Waals surface area (Å²) in [6.45, 7) is 2.92. The fourth-order valence-corrected chi connectivity index (χ4v) is 6.15. The summed E-state index contributed by atoms with van der Waals surface area (Å²) in [5.74, 6) is 0.378. The van der Waals surface area contributed by atoms with Crippen molar-refractivity contribution in [1.82, 2.24) is 24.6 Å². The molecule has 7 rings (SSSR count). The highest BCUT2D eigenvalue weighted by molar-refractivity contribution is 5.76.